The molecular weight excluding hydrogens is 206 g/mol. The number of nitro groups is 1. The molecule has 0 unspecified atom stereocenters. The number of nitriles is 2. The van der Waals surface area contributed by atoms with Gasteiger partial charge in [-0.05, 0) is 30.0 Å². The number of hydrogen-bond donors (Lipinski definition) is 0. The summed E-state index contributed by atoms with van der Waals surface area (Å²) in [5.41, 5.74) is 0.232. The first-order valence-electron chi connectivity index (χ1n) is 4.73. The lowest BCUT2D eigenvalue weighted by molar-refractivity contribution is -0.384. The Labute approximate surface area is 91.7 Å². The molecule has 16 heavy (non-hydrogen) atoms. The molecule has 0 fully saturated rings. The van der Waals surface area contributed by atoms with Crippen LogP contribution in [0.15, 0.2) is 18.2 Å². The van der Waals surface area contributed by atoms with Crippen molar-refractivity contribution in [1.29, 1.82) is 10.5 Å². The van der Waals surface area contributed by atoms with Gasteiger partial charge in [0, 0.05) is 12.1 Å². The summed E-state index contributed by atoms with van der Waals surface area (Å²) in [6.07, 6.45) is 0.953. The van der Waals surface area contributed by atoms with Gasteiger partial charge in [0.2, 0.25) is 0 Å². The van der Waals surface area contributed by atoms with E-state index in [9.17, 15) is 10.1 Å². The van der Waals surface area contributed by atoms with Crippen molar-refractivity contribution in [3.63, 3.8) is 0 Å². The molecule has 1 aliphatic rings. The minimum atomic E-state index is -1.12. The highest BCUT2D eigenvalue weighted by Gasteiger charge is 2.40. The van der Waals surface area contributed by atoms with E-state index in [0.717, 1.165) is 5.56 Å². The minimum absolute atomic E-state index is 0.00503. The highest BCUT2D eigenvalue weighted by Crippen LogP contribution is 2.39. The highest BCUT2D eigenvalue weighted by molar-refractivity contribution is 5.53. The van der Waals surface area contributed by atoms with Crippen LogP contribution in [0.5, 0.6) is 0 Å². The van der Waals surface area contributed by atoms with Gasteiger partial charge in [0.1, 0.15) is 0 Å². The molecule has 0 heterocycles. The number of fused-ring (bicyclic) bond motifs is 1. The fraction of sp³-hybridized carbons (Fsp3) is 0.273. The Morgan fingerprint density at radius 3 is 2.62 bits per heavy atom. The summed E-state index contributed by atoms with van der Waals surface area (Å²) in [5, 5.41) is 28.6. The van der Waals surface area contributed by atoms with Crippen molar-refractivity contribution in [2.75, 3.05) is 0 Å². The molecule has 0 N–H and O–H groups in total. The fourth-order valence-corrected chi connectivity index (χ4v) is 2.03. The summed E-state index contributed by atoms with van der Waals surface area (Å²) in [5.74, 6) is 0. The molecule has 1 aromatic carbocycles. The Hall–Kier alpha value is -2.40. The third-order valence-electron chi connectivity index (χ3n) is 2.91. The number of benzene rings is 1. The summed E-state index contributed by atoms with van der Waals surface area (Å²) in [7, 11) is 0. The normalized spacial score (nSPS) is 15.9. The van der Waals surface area contributed by atoms with Crippen LogP contribution in [-0.2, 0) is 11.8 Å². The van der Waals surface area contributed by atoms with E-state index >= 15 is 0 Å². The highest BCUT2D eigenvalue weighted by atomic mass is 16.6. The van der Waals surface area contributed by atoms with E-state index in [-0.39, 0.29) is 5.69 Å². The zero-order valence-corrected chi connectivity index (χ0v) is 8.30. The first-order chi connectivity index (χ1) is 7.63. The summed E-state index contributed by atoms with van der Waals surface area (Å²) in [6.45, 7) is 0. The van der Waals surface area contributed by atoms with E-state index in [1.165, 1.54) is 18.2 Å². The van der Waals surface area contributed by atoms with Gasteiger partial charge < -0.3 is 0 Å². The Balaban J connectivity index is 2.57. The molecule has 2 rings (SSSR count). The van der Waals surface area contributed by atoms with Gasteiger partial charge in [0.15, 0.2) is 5.41 Å². The summed E-state index contributed by atoms with van der Waals surface area (Å²) in [4.78, 5) is 10.1. The van der Waals surface area contributed by atoms with Gasteiger partial charge in [0.25, 0.3) is 5.69 Å². The first kappa shape index (κ1) is 10.1. The van der Waals surface area contributed by atoms with Crippen molar-refractivity contribution in [1.82, 2.24) is 0 Å². The lowest BCUT2D eigenvalue weighted by Gasteiger charge is -2.11. The maximum absolute atomic E-state index is 10.6. The zero-order valence-electron chi connectivity index (χ0n) is 8.30. The molecule has 0 atom stereocenters. The molecule has 0 radical (unpaired) electrons. The van der Waals surface area contributed by atoms with Crippen LogP contribution in [0.1, 0.15) is 17.5 Å². The van der Waals surface area contributed by atoms with Crippen LogP contribution in [0.25, 0.3) is 0 Å². The van der Waals surface area contributed by atoms with Gasteiger partial charge in [-0.3, -0.25) is 10.1 Å². The average molecular weight is 213 g/mol. The smallest absolute Gasteiger partial charge is 0.258 e. The largest absolute Gasteiger partial charge is 0.269 e. The summed E-state index contributed by atoms with van der Waals surface area (Å²) >= 11 is 0. The Morgan fingerprint density at radius 1 is 1.38 bits per heavy atom. The molecule has 78 valence electrons. The molecule has 0 aromatic heterocycles. The van der Waals surface area contributed by atoms with Crippen LogP contribution in [0.2, 0.25) is 0 Å². The molecule has 0 saturated heterocycles. The van der Waals surface area contributed by atoms with E-state index < -0.39 is 10.3 Å². The van der Waals surface area contributed by atoms with E-state index in [1.54, 1.807) is 0 Å². The zero-order chi connectivity index (χ0) is 11.8. The van der Waals surface area contributed by atoms with Crippen molar-refractivity contribution < 1.29 is 4.92 Å². The van der Waals surface area contributed by atoms with E-state index in [2.05, 4.69) is 0 Å². The number of aryl methyl sites for hydroxylation is 1. The second-order valence-corrected chi connectivity index (χ2v) is 3.73. The monoisotopic (exact) mass is 213 g/mol. The van der Waals surface area contributed by atoms with Gasteiger partial charge >= 0.3 is 0 Å². The molecule has 0 amide bonds. The number of hydrogen-bond acceptors (Lipinski definition) is 4. The van der Waals surface area contributed by atoms with Crippen molar-refractivity contribution >= 4 is 5.69 Å². The molecule has 1 aromatic rings. The number of nitrogens with zero attached hydrogens (tertiary/aromatic N) is 3. The SMILES string of the molecule is N#CC1(C#N)CCc2cc([N+](=O)[O-])ccc21. The second-order valence-electron chi connectivity index (χ2n) is 3.73. The van der Waals surface area contributed by atoms with Crippen molar-refractivity contribution in [2.45, 2.75) is 18.3 Å². The molecule has 0 spiro atoms. The molecular formula is C11H7N3O2. The fourth-order valence-electron chi connectivity index (χ4n) is 2.03. The lowest BCUT2D eigenvalue weighted by Crippen LogP contribution is -2.17. The maximum atomic E-state index is 10.6. The molecule has 5 heteroatoms. The van der Waals surface area contributed by atoms with Gasteiger partial charge in [-0.25, -0.2) is 0 Å². The van der Waals surface area contributed by atoms with Crippen molar-refractivity contribution in [3.8, 4) is 12.1 Å². The van der Waals surface area contributed by atoms with E-state index in [4.69, 9.17) is 10.5 Å². The number of rotatable bonds is 1. The number of nitro benzene ring substituents is 1. The van der Waals surface area contributed by atoms with Crippen LogP contribution in [0.4, 0.5) is 5.69 Å². The van der Waals surface area contributed by atoms with Gasteiger partial charge in [0.05, 0.1) is 17.1 Å². The Morgan fingerprint density at radius 2 is 2.06 bits per heavy atom. The summed E-state index contributed by atoms with van der Waals surface area (Å²) < 4.78 is 0. The van der Waals surface area contributed by atoms with Gasteiger partial charge in [-0.2, -0.15) is 10.5 Å². The van der Waals surface area contributed by atoms with Gasteiger partial charge in [-0.1, -0.05) is 0 Å². The van der Waals surface area contributed by atoms with Crippen LogP contribution >= 0.6 is 0 Å². The standard InChI is InChI=1S/C11H7N3O2/c12-6-11(7-13)4-3-8-5-9(14(15)16)1-2-10(8)11/h1-2,5H,3-4H2. The topological polar surface area (TPSA) is 90.7 Å². The van der Waals surface area contributed by atoms with Gasteiger partial charge in [-0.15, -0.1) is 0 Å². The Kier molecular flexibility index (Phi) is 2.10. The molecule has 0 bridgehead atoms. The minimum Gasteiger partial charge on any atom is -0.258 e. The number of non-ortho nitro benzene ring substituents is 1. The maximum Gasteiger partial charge on any atom is 0.269 e. The quantitative estimate of drug-likeness (QED) is 0.525. The van der Waals surface area contributed by atoms with E-state index in [0.29, 0.717) is 18.4 Å². The molecule has 5 nitrogen and oxygen atoms in total. The van der Waals surface area contributed by atoms with E-state index in [1.807, 2.05) is 12.1 Å². The Bertz CT molecular complexity index is 537. The van der Waals surface area contributed by atoms with Crippen LogP contribution < -0.4 is 0 Å². The first-order valence-corrected chi connectivity index (χ1v) is 4.73. The lowest BCUT2D eigenvalue weighted by atomic mass is 9.85. The van der Waals surface area contributed by atoms with Crippen molar-refractivity contribution in [2.24, 2.45) is 0 Å². The average Bonchev–Trinajstić information content (AvgIpc) is 2.67. The van der Waals surface area contributed by atoms with Crippen LogP contribution in [0, 0.1) is 32.8 Å². The molecule has 0 aliphatic heterocycles. The molecule has 1 aliphatic carbocycles. The predicted molar refractivity (Wildman–Crippen MR) is 54.3 cm³/mol. The van der Waals surface area contributed by atoms with Crippen LogP contribution in [-0.4, -0.2) is 4.92 Å². The third-order valence-corrected chi connectivity index (χ3v) is 2.91. The van der Waals surface area contributed by atoms with Crippen molar-refractivity contribution in [3.05, 3.63) is 39.4 Å². The third kappa shape index (κ3) is 1.23. The van der Waals surface area contributed by atoms with Crippen LogP contribution in [0.3, 0.4) is 0 Å². The summed E-state index contributed by atoms with van der Waals surface area (Å²) in [6, 6.07) is 8.31. The molecule has 0 saturated carbocycles. The predicted octanol–water partition coefficient (Wildman–Crippen LogP) is 1.83. The second kappa shape index (κ2) is 3.32.